The van der Waals surface area contributed by atoms with Gasteiger partial charge in [-0.2, -0.15) is 13.2 Å². The molecule has 5 heteroatoms. The lowest BCUT2D eigenvalue weighted by molar-refractivity contribution is -0.137. The van der Waals surface area contributed by atoms with Crippen molar-refractivity contribution in [2.24, 2.45) is 5.92 Å². The van der Waals surface area contributed by atoms with Gasteiger partial charge in [0.15, 0.2) is 0 Å². The van der Waals surface area contributed by atoms with E-state index in [4.69, 9.17) is 4.74 Å². The predicted octanol–water partition coefficient (Wildman–Crippen LogP) is 3.89. The summed E-state index contributed by atoms with van der Waals surface area (Å²) in [6.45, 7) is 2.20. The lowest BCUT2D eigenvalue weighted by Crippen LogP contribution is -2.20. The standard InChI is InChI=1S/C15H15F3NO/c16-15(17,18)13-2-1-12-3-6-19(14(12)9-13)10-11-4-7-20-8-5-11/h1-2,6,9,11H,4-5,7-8,10H2. The van der Waals surface area contributed by atoms with E-state index in [1.807, 2.05) is 4.57 Å². The molecule has 20 heavy (non-hydrogen) atoms. The highest BCUT2D eigenvalue weighted by Crippen LogP contribution is 2.32. The lowest BCUT2D eigenvalue weighted by Gasteiger charge is -2.23. The van der Waals surface area contributed by atoms with Gasteiger partial charge in [-0.25, -0.2) is 0 Å². The van der Waals surface area contributed by atoms with Crippen LogP contribution in [0.3, 0.4) is 0 Å². The number of ether oxygens (including phenoxy) is 1. The topological polar surface area (TPSA) is 14.2 Å². The molecule has 3 rings (SSSR count). The zero-order valence-corrected chi connectivity index (χ0v) is 10.9. The predicted molar refractivity (Wildman–Crippen MR) is 69.3 cm³/mol. The van der Waals surface area contributed by atoms with Crippen LogP contribution in [0.1, 0.15) is 18.4 Å². The Morgan fingerprint density at radius 1 is 1.25 bits per heavy atom. The number of fused-ring (bicyclic) bond motifs is 1. The number of hydrogen-bond donors (Lipinski definition) is 0. The van der Waals surface area contributed by atoms with Crippen molar-refractivity contribution in [2.45, 2.75) is 25.6 Å². The van der Waals surface area contributed by atoms with E-state index >= 15 is 0 Å². The summed E-state index contributed by atoms with van der Waals surface area (Å²) in [5, 5.41) is 0.727. The van der Waals surface area contributed by atoms with Crippen LogP contribution in [0.25, 0.3) is 10.9 Å². The summed E-state index contributed by atoms with van der Waals surface area (Å²) in [6, 6.07) is 6.83. The average Bonchev–Trinajstić information content (AvgIpc) is 2.82. The Labute approximate surface area is 115 Å². The van der Waals surface area contributed by atoms with Gasteiger partial charge in [0.05, 0.1) is 5.56 Å². The molecule has 1 radical (unpaired) electrons. The Morgan fingerprint density at radius 2 is 2.00 bits per heavy atom. The summed E-state index contributed by atoms with van der Waals surface area (Å²) >= 11 is 0. The second-order valence-electron chi connectivity index (χ2n) is 5.21. The number of alkyl halides is 3. The smallest absolute Gasteiger partial charge is 0.381 e. The highest BCUT2D eigenvalue weighted by molar-refractivity contribution is 5.80. The van der Waals surface area contributed by atoms with Gasteiger partial charge >= 0.3 is 6.18 Å². The first-order valence-electron chi connectivity index (χ1n) is 6.69. The quantitative estimate of drug-likeness (QED) is 0.815. The van der Waals surface area contributed by atoms with E-state index in [1.54, 1.807) is 6.20 Å². The molecule has 2 heterocycles. The molecule has 0 N–H and O–H groups in total. The maximum absolute atomic E-state index is 12.8. The number of nitrogens with zero attached hydrogens (tertiary/aromatic N) is 1. The van der Waals surface area contributed by atoms with Crippen LogP contribution in [0.15, 0.2) is 24.4 Å². The third-order valence-corrected chi connectivity index (χ3v) is 3.81. The van der Waals surface area contributed by atoms with Gasteiger partial charge in [-0.15, -0.1) is 0 Å². The van der Waals surface area contributed by atoms with Crippen molar-refractivity contribution in [3.63, 3.8) is 0 Å². The molecule has 0 amide bonds. The molecular weight excluding hydrogens is 267 g/mol. The molecule has 1 aromatic carbocycles. The Balaban J connectivity index is 1.90. The molecule has 1 aliphatic heterocycles. The van der Waals surface area contributed by atoms with Crippen molar-refractivity contribution in [3.8, 4) is 0 Å². The van der Waals surface area contributed by atoms with Gasteiger partial charge in [-0.1, -0.05) is 6.07 Å². The third-order valence-electron chi connectivity index (χ3n) is 3.81. The second-order valence-corrected chi connectivity index (χ2v) is 5.21. The maximum atomic E-state index is 12.8. The fraction of sp³-hybridized carbons (Fsp3) is 0.467. The summed E-state index contributed by atoms with van der Waals surface area (Å²) in [5.41, 5.74) is -0.00311. The SMILES string of the molecule is FC(F)(F)c1ccc2[c]cn(CC3CCOCC3)c2c1. The largest absolute Gasteiger partial charge is 0.416 e. The van der Waals surface area contributed by atoms with Crippen LogP contribution >= 0.6 is 0 Å². The van der Waals surface area contributed by atoms with Crippen LogP contribution in [0.5, 0.6) is 0 Å². The van der Waals surface area contributed by atoms with E-state index in [0.29, 0.717) is 11.4 Å². The Bertz CT molecular complexity index is 597. The van der Waals surface area contributed by atoms with Crippen molar-refractivity contribution in [1.29, 1.82) is 0 Å². The highest BCUT2D eigenvalue weighted by Gasteiger charge is 2.30. The number of halogens is 3. The van der Waals surface area contributed by atoms with Gasteiger partial charge in [-0.05, 0) is 30.9 Å². The van der Waals surface area contributed by atoms with Gasteiger partial charge in [0.25, 0.3) is 0 Å². The number of aromatic nitrogens is 1. The lowest BCUT2D eigenvalue weighted by atomic mass is 10.0. The van der Waals surface area contributed by atoms with E-state index in [2.05, 4.69) is 6.07 Å². The molecule has 1 aliphatic rings. The van der Waals surface area contributed by atoms with Crippen molar-refractivity contribution in [2.75, 3.05) is 13.2 Å². The first-order chi connectivity index (χ1) is 9.54. The summed E-state index contributed by atoms with van der Waals surface area (Å²) in [4.78, 5) is 0. The van der Waals surface area contributed by atoms with Crippen LogP contribution in [-0.4, -0.2) is 17.8 Å². The van der Waals surface area contributed by atoms with Crippen molar-refractivity contribution in [1.82, 2.24) is 4.57 Å². The summed E-state index contributed by atoms with van der Waals surface area (Å²) in [7, 11) is 0. The minimum atomic E-state index is -4.30. The molecule has 107 valence electrons. The van der Waals surface area contributed by atoms with Crippen LogP contribution < -0.4 is 0 Å². The van der Waals surface area contributed by atoms with Crippen LogP contribution in [0.4, 0.5) is 13.2 Å². The first kappa shape index (κ1) is 13.5. The molecule has 0 spiro atoms. The van der Waals surface area contributed by atoms with Gasteiger partial charge in [0, 0.05) is 42.9 Å². The monoisotopic (exact) mass is 282 g/mol. The zero-order valence-electron chi connectivity index (χ0n) is 10.9. The molecule has 0 saturated carbocycles. The van der Waals surface area contributed by atoms with E-state index in [1.165, 1.54) is 12.1 Å². The van der Waals surface area contributed by atoms with Crippen molar-refractivity contribution < 1.29 is 17.9 Å². The molecule has 0 bridgehead atoms. The minimum Gasteiger partial charge on any atom is -0.381 e. The fourth-order valence-electron chi connectivity index (χ4n) is 2.64. The number of rotatable bonds is 2. The molecule has 2 nitrogen and oxygen atoms in total. The first-order valence-corrected chi connectivity index (χ1v) is 6.69. The average molecular weight is 282 g/mol. The molecule has 1 aromatic heterocycles. The van der Waals surface area contributed by atoms with E-state index < -0.39 is 11.7 Å². The van der Waals surface area contributed by atoms with Crippen LogP contribution in [-0.2, 0) is 17.5 Å². The Hall–Kier alpha value is -1.49. The van der Waals surface area contributed by atoms with Crippen LogP contribution in [0, 0.1) is 12.0 Å². The van der Waals surface area contributed by atoms with Gasteiger partial charge in [0.1, 0.15) is 0 Å². The zero-order chi connectivity index (χ0) is 14.2. The van der Waals surface area contributed by atoms with Crippen molar-refractivity contribution in [3.05, 3.63) is 36.0 Å². The van der Waals surface area contributed by atoms with Gasteiger partial charge in [-0.3, -0.25) is 0 Å². The van der Waals surface area contributed by atoms with Crippen molar-refractivity contribution >= 4 is 10.9 Å². The molecule has 1 saturated heterocycles. The summed E-state index contributed by atoms with van der Waals surface area (Å²) in [5.74, 6) is 0.460. The van der Waals surface area contributed by atoms with Gasteiger partial charge in [0.2, 0.25) is 0 Å². The molecule has 0 atom stereocenters. The number of hydrogen-bond acceptors (Lipinski definition) is 1. The molecule has 2 aromatic rings. The fourth-order valence-corrected chi connectivity index (χ4v) is 2.64. The molecule has 0 aliphatic carbocycles. The second kappa shape index (κ2) is 5.13. The highest BCUT2D eigenvalue weighted by atomic mass is 19.4. The summed E-state index contributed by atoms with van der Waals surface area (Å²) in [6.07, 6.45) is -0.639. The van der Waals surface area contributed by atoms with E-state index in [9.17, 15) is 13.2 Å². The van der Waals surface area contributed by atoms with E-state index in [0.717, 1.165) is 44.1 Å². The van der Waals surface area contributed by atoms with Gasteiger partial charge < -0.3 is 9.30 Å². The normalized spacial score (nSPS) is 17.8. The number of benzene rings is 1. The molecular formula is C15H15F3NO. The Morgan fingerprint density at radius 3 is 2.70 bits per heavy atom. The minimum absolute atomic E-state index is 0.460. The Kier molecular flexibility index (Phi) is 3.46. The molecule has 0 unspecified atom stereocenters. The maximum Gasteiger partial charge on any atom is 0.416 e. The molecule has 1 fully saturated rings. The van der Waals surface area contributed by atoms with E-state index in [-0.39, 0.29) is 0 Å². The summed E-state index contributed by atoms with van der Waals surface area (Å²) < 4.78 is 45.5. The van der Waals surface area contributed by atoms with Crippen LogP contribution in [0.2, 0.25) is 0 Å². The third kappa shape index (κ3) is 2.68.